The summed E-state index contributed by atoms with van der Waals surface area (Å²) in [5, 5.41) is 0.898. The number of amides is 1. The van der Waals surface area contributed by atoms with E-state index < -0.39 is 5.91 Å². The Morgan fingerprint density at radius 1 is 1.38 bits per heavy atom. The Morgan fingerprint density at radius 2 is 2.23 bits per heavy atom. The number of hydrogen-bond acceptors (Lipinski definition) is 2. The number of benzene rings is 1. The molecule has 3 heteroatoms. The van der Waals surface area contributed by atoms with Crippen LogP contribution in [0.2, 0.25) is 0 Å². The molecule has 1 aromatic carbocycles. The van der Waals surface area contributed by atoms with Crippen molar-refractivity contribution in [2.24, 2.45) is 5.73 Å². The number of hydrogen-bond donors (Lipinski definition) is 1. The molecule has 0 aliphatic rings. The van der Waals surface area contributed by atoms with Gasteiger partial charge in [0.25, 0.3) is 5.91 Å². The van der Waals surface area contributed by atoms with Gasteiger partial charge in [0.2, 0.25) is 0 Å². The zero-order valence-corrected chi connectivity index (χ0v) is 6.82. The Balaban J connectivity index is 2.83. The van der Waals surface area contributed by atoms with E-state index in [4.69, 9.17) is 5.73 Å². The van der Waals surface area contributed by atoms with Gasteiger partial charge in [-0.1, -0.05) is 18.2 Å². The lowest BCUT2D eigenvalue weighted by Gasteiger charge is -1.99. The lowest BCUT2D eigenvalue weighted by atomic mass is 10.1. The molecule has 1 aromatic heterocycles. The highest BCUT2D eigenvalue weighted by atomic mass is 16.1. The molecule has 0 saturated heterocycles. The third-order valence-corrected chi connectivity index (χ3v) is 1.85. The molecule has 0 fully saturated rings. The molecule has 2 rings (SSSR count). The van der Waals surface area contributed by atoms with Gasteiger partial charge in [0, 0.05) is 5.39 Å². The van der Waals surface area contributed by atoms with Crippen LogP contribution in [0.1, 0.15) is 10.4 Å². The number of carbonyl (C=O) groups excluding carboxylic acids is 1. The number of fused-ring (bicyclic) bond motifs is 1. The molecule has 13 heavy (non-hydrogen) atoms. The van der Waals surface area contributed by atoms with E-state index in [2.05, 4.69) is 11.2 Å². The minimum atomic E-state index is -0.460. The molecule has 0 aliphatic heterocycles. The van der Waals surface area contributed by atoms with Gasteiger partial charge in [-0.2, -0.15) is 0 Å². The number of nitrogens with two attached hydrogens (primary N) is 1. The summed E-state index contributed by atoms with van der Waals surface area (Å²) < 4.78 is 0. The molecule has 2 aromatic rings. The van der Waals surface area contributed by atoms with Crippen LogP contribution in [0, 0.1) is 6.20 Å². The Bertz CT molecular complexity index is 460. The minimum Gasteiger partial charge on any atom is -0.366 e. The van der Waals surface area contributed by atoms with Crippen LogP contribution in [0.4, 0.5) is 0 Å². The fourth-order valence-electron chi connectivity index (χ4n) is 1.25. The van der Waals surface area contributed by atoms with Gasteiger partial charge >= 0.3 is 0 Å². The first-order chi connectivity index (χ1) is 6.29. The van der Waals surface area contributed by atoms with E-state index in [1.807, 2.05) is 12.1 Å². The van der Waals surface area contributed by atoms with E-state index in [9.17, 15) is 4.79 Å². The average Bonchev–Trinajstić information content (AvgIpc) is 2.17. The third kappa shape index (κ3) is 1.24. The fourth-order valence-corrected chi connectivity index (χ4v) is 1.25. The van der Waals surface area contributed by atoms with Crippen LogP contribution in [-0.2, 0) is 0 Å². The first kappa shape index (κ1) is 7.73. The molecule has 2 N–H and O–H groups in total. The highest BCUT2D eigenvalue weighted by molar-refractivity contribution is 6.04. The summed E-state index contributed by atoms with van der Waals surface area (Å²) in [6.45, 7) is 0. The minimum absolute atomic E-state index is 0.439. The van der Waals surface area contributed by atoms with Crippen LogP contribution in [0.3, 0.4) is 0 Å². The van der Waals surface area contributed by atoms with Gasteiger partial charge in [-0.05, 0) is 12.1 Å². The largest absolute Gasteiger partial charge is 0.366 e. The van der Waals surface area contributed by atoms with Crippen LogP contribution in [-0.4, -0.2) is 10.9 Å². The van der Waals surface area contributed by atoms with Gasteiger partial charge in [-0.25, -0.2) is 4.98 Å². The number of para-hydroxylation sites is 1. The number of nitrogens with zero attached hydrogens (tertiary/aromatic N) is 1. The van der Waals surface area contributed by atoms with Crippen molar-refractivity contribution in [1.82, 2.24) is 4.98 Å². The zero-order valence-electron chi connectivity index (χ0n) is 6.82. The van der Waals surface area contributed by atoms with Crippen molar-refractivity contribution in [3.8, 4) is 0 Å². The normalized spacial score (nSPS) is 10.2. The molecular weight excluding hydrogens is 164 g/mol. The average molecular weight is 171 g/mol. The van der Waals surface area contributed by atoms with Gasteiger partial charge in [-0.3, -0.25) is 4.79 Å². The number of primary amides is 1. The lowest BCUT2D eigenvalue weighted by molar-refractivity contribution is 0.100. The van der Waals surface area contributed by atoms with Crippen LogP contribution in [0.5, 0.6) is 0 Å². The Labute approximate surface area is 75.2 Å². The number of rotatable bonds is 1. The van der Waals surface area contributed by atoms with Crippen molar-refractivity contribution >= 4 is 16.8 Å². The second-order valence-corrected chi connectivity index (χ2v) is 2.68. The maximum atomic E-state index is 11.0. The van der Waals surface area contributed by atoms with E-state index in [1.54, 1.807) is 18.2 Å². The molecule has 3 nitrogen and oxygen atoms in total. The highest BCUT2D eigenvalue weighted by Crippen LogP contribution is 2.14. The molecule has 0 saturated carbocycles. The standard InChI is InChI=1S/C10H7N2O/c11-10(13)8-5-1-3-7-4-2-6-12-9(7)8/h1-5H,(H2,11,13). The van der Waals surface area contributed by atoms with Crippen molar-refractivity contribution in [3.63, 3.8) is 0 Å². The lowest BCUT2D eigenvalue weighted by Crippen LogP contribution is -2.11. The summed E-state index contributed by atoms with van der Waals surface area (Å²) in [7, 11) is 0. The molecule has 1 radical (unpaired) electrons. The number of pyridine rings is 1. The number of aromatic nitrogens is 1. The topological polar surface area (TPSA) is 56.0 Å². The summed E-state index contributed by atoms with van der Waals surface area (Å²) >= 11 is 0. The van der Waals surface area contributed by atoms with Gasteiger partial charge in [-0.15, -0.1) is 0 Å². The summed E-state index contributed by atoms with van der Waals surface area (Å²) in [6.07, 6.45) is 2.67. The SMILES string of the molecule is NC(=O)c1cccc2cc[c]nc12. The van der Waals surface area contributed by atoms with Crippen LogP contribution in [0.25, 0.3) is 10.9 Å². The smallest absolute Gasteiger partial charge is 0.250 e. The highest BCUT2D eigenvalue weighted by Gasteiger charge is 2.05. The van der Waals surface area contributed by atoms with Crippen molar-refractivity contribution in [2.45, 2.75) is 0 Å². The molecule has 0 spiro atoms. The van der Waals surface area contributed by atoms with Crippen molar-refractivity contribution in [3.05, 3.63) is 42.1 Å². The summed E-state index contributed by atoms with van der Waals surface area (Å²) in [4.78, 5) is 15.0. The number of carbonyl (C=O) groups is 1. The van der Waals surface area contributed by atoms with Crippen LogP contribution >= 0.6 is 0 Å². The molecule has 1 heterocycles. The molecule has 1 amide bonds. The first-order valence-electron chi connectivity index (χ1n) is 3.84. The van der Waals surface area contributed by atoms with E-state index in [-0.39, 0.29) is 0 Å². The second kappa shape index (κ2) is 2.86. The Kier molecular flexibility index (Phi) is 1.70. The predicted octanol–water partition coefficient (Wildman–Crippen LogP) is 1.13. The maximum absolute atomic E-state index is 11.0. The van der Waals surface area contributed by atoms with Crippen molar-refractivity contribution in [2.75, 3.05) is 0 Å². The Hall–Kier alpha value is -1.90. The molecular formula is C10H7N2O. The first-order valence-corrected chi connectivity index (χ1v) is 3.84. The monoisotopic (exact) mass is 171 g/mol. The quantitative estimate of drug-likeness (QED) is 0.699. The van der Waals surface area contributed by atoms with E-state index in [0.717, 1.165) is 5.39 Å². The predicted molar refractivity (Wildman–Crippen MR) is 49.1 cm³/mol. The second-order valence-electron chi connectivity index (χ2n) is 2.68. The van der Waals surface area contributed by atoms with Crippen LogP contribution < -0.4 is 5.73 Å². The fraction of sp³-hybridized carbons (Fsp3) is 0. The van der Waals surface area contributed by atoms with E-state index in [1.165, 1.54) is 0 Å². The van der Waals surface area contributed by atoms with Crippen molar-refractivity contribution in [1.29, 1.82) is 0 Å². The summed E-state index contributed by atoms with van der Waals surface area (Å²) in [5.74, 6) is -0.460. The third-order valence-electron chi connectivity index (χ3n) is 1.85. The van der Waals surface area contributed by atoms with Gasteiger partial charge in [0.05, 0.1) is 17.3 Å². The Morgan fingerprint density at radius 3 is 3.00 bits per heavy atom. The molecule has 0 bridgehead atoms. The van der Waals surface area contributed by atoms with E-state index in [0.29, 0.717) is 11.1 Å². The zero-order chi connectivity index (χ0) is 9.26. The molecule has 0 unspecified atom stereocenters. The molecule has 0 atom stereocenters. The molecule has 63 valence electrons. The van der Waals surface area contributed by atoms with Gasteiger partial charge in [0.1, 0.15) is 0 Å². The summed E-state index contributed by atoms with van der Waals surface area (Å²) in [5.41, 5.74) is 6.24. The van der Waals surface area contributed by atoms with Crippen LogP contribution in [0.15, 0.2) is 30.3 Å². The molecule has 0 aliphatic carbocycles. The van der Waals surface area contributed by atoms with Gasteiger partial charge < -0.3 is 5.73 Å². The van der Waals surface area contributed by atoms with Gasteiger partial charge in [0.15, 0.2) is 0 Å². The maximum Gasteiger partial charge on any atom is 0.250 e. The summed E-state index contributed by atoms with van der Waals surface area (Å²) in [6, 6.07) is 8.86. The van der Waals surface area contributed by atoms with Crippen molar-refractivity contribution < 1.29 is 4.79 Å². The van der Waals surface area contributed by atoms with E-state index >= 15 is 0 Å².